The van der Waals surface area contributed by atoms with E-state index >= 15 is 0 Å². The molecule has 0 aliphatic heterocycles. The zero-order chi connectivity index (χ0) is 9.99. The van der Waals surface area contributed by atoms with Crippen molar-refractivity contribution in [2.45, 2.75) is 41.0 Å². The minimum Gasteiger partial charge on any atom is -0.314 e. The van der Waals surface area contributed by atoms with Gasteiger partial charge in [0.1, 0.15) is 0 Å². The first-order valence-electron chi connectivity index (χ1n) is 4.63. The van der Waals surface area contributed by atoms with Crippen LogP contribution in [0.15, 0.2) is 0 Å². The molecule has 2 nitrogen and oxygen atoms in total. The highest BCUT2D eigenvalue weighted by molar-refractivity contribution is 4.85. The summed E-state index contributed by atoms with van der Waals surface area (Å²) in [6, 6.07) is 0. The molecule has 0 saturated carbocycles. The van der Waals surface area contributed by atoms with Crippen LogP contribution in [-0.4, -0.2) is 23.9 Å². The summed E-state index contributed by atoms with van der Waals surface area (Å²) in [5, 5.41) is 10.5. The second-order valence-corrected chi connectivity index (χ2v) is 4.94. The summed E-state index contributed by atoms with van der Waals surface area (Å²) in [5.74, 6) is 0. The predicted octanol–water partition coefficient (Wildman–Crippen LogP) is 2.77. The van der Waals surface area contributed by atoms with E-state index in [-0.39, 0.29) is 10.8 Å². The van der Waals surface area contributed by atoms with E-state index in [1.165, 1.54) is 5.06 Å². The summed E-state index contributed by atoms with van der Waals surface area (Å²) in [7, 11) is 1.70. The number of hydrogen-bond acceptors (Lipinski definition) is 2. The van der Waals surface area contributed by atoms with Gasteiger partial charge in [0.05, 0.1) is 0 Å². The van der Waals surface area contributed by atoms with Gasteiger partial charge in [-0.05, 0) is 10.8 Å². The van der Waals surface area contributed by atoms with Crippen molar-refractivity contribution in [2.75, 3.05) is 13.6 Å². The fraction of sp³-hybridized carbons (Fsp3) is 1.00. The third-order valence-electron chi connectivity index (χ3n) is 3.34. The van der Waals surface area contributed by atoms with Gasteiger partial charge in [0.15, 0.2) is 0 Å². The first-order valence-corrected chi connectivity index (χ1v) is 4.63. The lowest BCUT2D eigenvalue weighted by molar-refractivity contribution is -0.109. The normalized spacial score (nSPS) is 14.0. The molecule has 0 aliphatic rings. The maximum Gasteiger partial charge on any atom is 0.0291 e. The van der Waals surface area contributed by atoms with Crippen LogP contribution in [0.2, 0.25) is 0 Å². The van der Waals surface area contributed by atoms with Crippen molar-refractivity contribution in [3.05, 3.63) is 0 Å². The van der Waals surface area contributed by atoms with Crippen LogP contribution >= 0.6 is 0 Å². The molecule has 0 aliphatic carbocycles. The van der Waals surface area contributed by atoms with Crippen LogP contribution in [0.3, 0.4) is 0 Å². The van der Waals surface area contributed by atoms with Crippen molar-refractivity contribution in [1.82, 2.24) is 5.06 Å². The van der Waals surface area contributed by atoms with Gasteiger partial charge < -0.3 is 5.21 Å². The molecular weight excluding hydrogens is 150 g/mol. The van der Waals surface area contributed by atoms with E-state index in [0.29, 0.717) is 6.54 Å². The molecular formula is C10H23NO. The van der Waals surface area contributed by atoms with Crippen LogP contribution in [-0.2, 0) is 0 Å². The Balaban J connectivity index is 4.37. The summed E-state index contributed by atoms with van der Waals surface area (Å²) in [5.41, 5.74) is 0.412. The smallest absolute Gasteiger partial charge is 0.0291 e. The van der Waals surface area contributed by atoms with Gasteiger partial charge in [0, 0.05) is 13.6 Å². The van der Waals surface area contributed by atoms with Gasteiger partial charge >= 0.3 is 0 Å². The van der Waals surface area contributed by atoms with Gasteiger partial charge in [-0.2, -0.15) is 5.06 Å². The summed E-state index contributed by atoms with van der Waals surface area (Å²) in [4.78, 5) is 0. The quantitative estimate of drug-likeness (QED) is 0.661. The van der Waals surface area contributed by atoms with Crippen molar-refractivity contribution < 1.29 is 5.21 Å². The summed E-state index contributed by atoms with van der Waals surface area (Å²) in [6.07, 6.45) is 1.13. The highest BCUT2D eigenvalue weighted by atomic mass is 16.5. The van der Waals surface area contributed by atoms with Crippen LogP contribution in [0.4, 0.5) is 0 Å². The monoisotopic (exact) mass is 173 g/mol. The van der Waals surface area contributed by atoms with Gasteiger partial charge in [-0.1, -0.05) is 41.0 Å². The molecule has 0 unspecified atom stereocenters. The molecule has 0 amide bonds. The second-order valence-electron chi connectivity index (χ2n) is 4.94. The molecule has 0 atom stereocenters. The first kappa shape index (κ1) is 11.9. The number of rotatable bonds is 4. The molecule has 0 radical (unpaired) electrons. The maximum atomic E-state index is 9.18. The lowest BCUT2D eigenvalue weighted by Crippen LogP contribution is -2.40. The topological polar surface area (TPSA) is 23.5 Å². The second kappa shape index (κ2) is 3.75. The van der Waals surface area contributed by atoms with Gasteiger partial charge in [0.25, 0.3) is 0 Å². The van der Waals surface area contributed by atoms with Gasteiger partial charge in [0.2, 0.25) is 0 Å². The average Bonchev–Trinajstić information content (AvgIpc) is 1.84. The molecule has 12 heavy (non-hydrogen) atoms. The third-order valence-corrected chi connectivity index (χ3v) is 3.34. The minimum absolute atomic E-state index is 0.144. The Kier molecular flexibility index (Phi) is 3.73. The summed E-state index contributed by atoms with van der Waals surface area (Å²) in [6.45, 7) is 11.8. The molecule has 0 heterocycles. The SMILES string of the molecule is CCC(C)(C)C(C)(C)CN(C)O. The number of hydroxylamine groups is 2. The van der Waals surface area contributed by atoms with E-state index in [2.05, 4.69) is 34.6 Å². The third kappa shape index (κ3) is 2.76. The largest absolute Gasteiger partial charge is 0.314 e. The molecule has 1 N–H and O–H groups in total. The molecule has 0 aromatic heterocycles. The Bertz CT molecular complexity index is 139. The van der Waals surface area contributed by atoms with E-state index in [1.807, 2.05) is 0 Å². The van der Waals surface area contributed by atoms with Crippen LogP contribution in [0.25, 0.3) is 0 Å². The highest BCUT2D eigenvalue weighted by Crippen LogP contribution is 2.41. The van der Waals surface area contributed by atoms with E-state index in [4.69, 9.17) is 0 Å². The van der Waals surface area contributed by atoms with E-state index in [1.54, 1.807) is 7.05 Å². The molecule has 2 heteroatoms. The van der Waals surface area contributed by atoms with Crippen molar-refractivity contribution in [3.63, 3.8) is 0 Å². The Morgan fingerprint density at radius 1 is 1.08 bits per heavy atom. The highest BCUT2D eigenvalue weighted by Gasteiger charge is 2.35. The Labute approximate surface area is 76.5 Å². The van der Waals surface area contributed by atoms with E-state index < -0.39 is 0 Å². The van der Waals surface area contributed by atoms with Crippen molar-refractivity contribution >= 4 is 0 Å². The zero-order valence-electron chi connectivity index (χ0n) is 9.31. The van der Waals surface area contributed by atoms with Crippen LogP contribution < -0.4 is 0 Å². The van der Waals surface area contributed by atoms with Gasteiger partial charge in [-0.15, -0.1) is 0 Å². The van der Waals surface area contributed by atoms with Gasteiger partial charge in [-0.25, -0.2) is 0 Å². The summed E-state index contributed by atoms with van der Waals surface area (Å²) >= 11 is 0. The standard InChI is InChI=1S/C10H23NO/c1-7-9(2,3)10(4,5)8-11(6)12/h12H,7-8H2,1-6H3. The average molecular weight is 173 g/mol. The molecule has 0 fully saturated rings. The van der Waals surface area contributed by atoms with Crippen LogP contribution in [0.5, 0.6) is 0 Å². The first-order chi connectivity index (χ1) is 5.23. The van der Waals surface area contributed by atoms with Crippen LogP contribution in [0, 0.1) is 10.8 Å². The van der Waals surface area contributed by atoms with E-state index in [9.17, 15) is 5.21 Å². The Hall–Kier alpha value is -0.0800. The lowest BCUT2D eigenvalue weighted by Gasteiger charge is -2.42. The molecule has 0 aromatic rings. The predicted molar refractivity (Wildman–Crippen MR) is 52.3 cm³/mol. The van der Waals surface area contributed by atoms with Gasteiger partial charge in [-0.3, -0.25) is 0 Å². The summed E-state index contributed by atoms with van der Waals surface area (Å²) < 4.78 is 0. The Morgan fingerprint density at radius 2 is 1.50 bits per heavy atom. The molecule has 0 spiro atoms. The number of hydrogen-bond donors (Lipinski definition) is 1. The molecule has 0 rings (SSSR count). The fourth-order valence-electron chi connectivity index (χ4n) is 1.26. The van der Waals surface area contributed by atoms with Crippen molar-refractivity contribution in [3.8, 4) is 0 Å². The lowest BCUT2D eigenvalue weighted by atomic mass is 9.66. The van der Waals surface area contributed by atoms with Crippen molar-refractivity contribution in [1.29, 1.82) is 0 Å². The minimum atomic E-state index is 0.144. The molecule has 74 valence electrons. The number of nitrogens with zero attached hydrogens (tertiary/aromatic N) is 1. The van der Waals surface area contributed by atoms with E-state index in [0.717, 1.165) is 6.42 Å². The fourth-order valence-corrected chi connectivity index (χ4v) is 1.26. The Morgan fingerprint density at radius 3 is 1.75 bits per heavy atom. The van der Waals surface area contributed by atoms with Crippen LogP contribution in [0.1, 0.15) is 41.0 Å². The molecule has 0 bridgehead atoms. The zero-order valence-corrected chi connectivity index (χ0v) is 9.31. The maximum absolute atomic E-state index is 9.18. The molecule has 0 aromatic carbocycles. The van der Waals surface area contributed by atoms with Crippen molar-refractivity contribution in [2.24, 2.45) is 10.8 Å². The molecule has 0 saturated heterocycles.